The fourth-order valence-electron chi connectivity index (χ4n) is 2.76. The molecule has 0 saturated heterocycles. The summed E-state index contributed by atoms with van der Waals surface area (Å²) in [5.74, 6) is 0. The molecule has 0 rings (SSSR count). The minimum Gasteiger partial charge on any atom is -0.293 e. The molecule has 0 aliphatic rings. The van der Waals surface area contributed by atoms with Crippen molar-refractivity contribution in [2.75, 3.05) is 6.54 Å². The van der Waals surface area contributed by atoms with Crippen LogP contribution in [0.4, 0.5) is 0 Å². The van der Waals surface area contributed by atoms with Crippen LogP contribution in [0.3, 0.4) is 0 Å². The maximum Gasteiger partial charge on any atom is 0.0389 e. The van der Waals surface area contributed by atoms with Crippen LogP contribution < -0.4 is 0 Å². The molecule has 0 aromatic rings. The molecule has 0 atom stereocenters. The highest BCUT2D eigenvalue weighted by atomic mass is 14.7. The highest BCUT2D eigenvalue weighted by Crippen LogP contribution is 2.12. The predicted molar refractivity (Wildman–Crippen MR) is 108 cm³/mol. The van der Waals surface area contributed by atoms with Gasteiger partial charge in [-0.3, -0.25) is 4.99 Å². The summed E-state index contributed by atoms with van der Waals surface area (Å²) in [4.78, 5) is 4.39. The Kier molecular flexibility index (Phi) is 20.4. The molecule has 0 radical (unpaired) electrons. The topological polar surface area (TPSA) is 12.4 Å². The van der Waals surface area contributed by atoms with Crippen molar-refractivity contribution in [3.63, 3.8) is 0 Å². The van der Waals surface area contributed by atoms with E-state index in [0.29, 0.717) is 0 Å². The van der Waals surface area contributed by atoms with Crippen molar-refractivity contribution < 1.29 is 0 Å². The molecule has 0 unspecified atom stereocenters. The molecule has 0 spiro atoms. The van der Waals surface area contributed by atoms with E-state index in [0.717, 1.165) is 6.54 Å². The molecule has 0 aromatic heterocycles. The highest BCUT2D eigenvalue weighted by molar-refractivity contribution is 5.71. The first-order valence-electron chi connectivity index (χ1n) is 10.2. The molecular formula is C22H41N. The average molecular weight is 320 g/mol. The molecule has 0 aliphatic heterocycles. The van der Waals surface area contributed by atoms with E-state index in [2.05, 4.69) is 11.9 Å². The summed E-state index contributed by atoms with van der Waals surface area (Å²) in [6.45, 7) is 5.30. The Labute approximate surface area is 146 Å². The summed E-state index contributed by atoms with van der Waals surface area (Å²) in [7, 11) is 0. The minimum absolute atomic E-state index is 0.984. The van der Waals surface area contributed by atoms with Crippen molar-refractivity contribution in [1.29, 1.82) is 0 Å². The van der Waals surface area contributed by atoms with Crippen LogP contribution in [0.5, 0.6) is 0 Å². The lowest BCUT2D eigenvalue weighted by atomic mass is 10.0. The molecule has 0 bridgehead atoms. The van der Waals surface area contributed by atoms with E-state index < -0.39 is 0 Å². The van der Waals surface area contributed by atoms with Crippen molar-refractivity contribution in [3.8, 4) is 0 Å². The van der Waals surface area contributed by atoms with Gasteiger partial charge in [0.05, 0.1) is 0 Å². The van der Waals surface area contributed by atoms with E-state index >= 15 is 0 Å². The van der Waals surface area contributed by atoms with Gasteiger partial charge in [-0.05, 0) is 19.4 Å². The van der Waals surface area contributed by atoms with Crippen LogP contribution in [-0.4, -0.2) is 12.8 Å². The lowest BCUT2D eigenvalue weighted by Gasteiger charge is -2.02. The zero-order valence-corrected chi connectivity index (χ0v) is 15.9. The largest absolute Gasteiger partial charge is 0.293 e. The Morgan fingerprint density at radius 1 is 0.565 bits per heavy atom. The number of rotatable bonds is 17. The van der Waals surface area contributed by atoms with Crippen molar-refractivity contribution >= 4 is 6.21 Å². The Morgan fingerprint density at radius 2 is 1.04 bits per heavy atom. The number of unbranched alkanes of at least 4 members (excludes halogenated alkanes) is 13. The molecule has 0 aromatic carbocycles. The van der Waals surface area contributed by atoms with Gasteiger partial charge < -0.3 is 0 Å². The summed E-state index contributed by atoms with van der Waals surface area (Å²) in [6, 6.07) is 0. The minimum atomic E-state index is 0.984. The Morgan fingerprint density at radius 3 is 1.52 bits per heavy atom. The fraction of sp³-hybridized carbons (Fsp3) is 0.773. The van der Waals surface area contributed by atoms with E-state index in [1.165, 1.54) is 89.9 Å². The number of hydrogen-bond acceptors (Lipinski definition) is 1. The van der Waals surface area contributed by atoms with E-state index in [4.69, 9.17) is 0 Å². The van der Waals surface area contributed by atoms with Crippen LogP contribution in [0.15, 0.2) is 29.3 Å². The van der Waals surface area contributed by atoms with Crippen LogP contribution >= 0.6 is 0 Å². The van der Waals surface area contributed by atoms with Gasteiger partial charge in [0.2, 0.25) is 0 Å². The molecular weight excluding hydrogens is 278 g/mol. The van der Waals surface area contributed by atoms with Gasteiger partial charge in [-0.25, -0.2) is 0 Å². The van der Waals surface area contributed by atoms with Gasteiger partial charge in [-0.2, -0.15) is 0 Å². The molecule has 0 fully saturated rings. The number of allylic oxidation sites excluding steroid dienone is 4. The Bertz CT molecular complexity index is 288. The van der Waals surface area contributed by atoms with E-state index in [1.54, 1.807) is 0 Å². The normalized spacial score (nSPS) is 12.3. The van der Waals surface area contributed by atoms with Crippen molar-refractivity contribution in [2.24, 2.45) is 4.99 Å². The van der Waals surface area contributed by atoms with Crippen molar-refractivity contribution in [2.45, 2.75) is 104 Å². The maximum atomic E-state index is 4.39. The smallest absolute Gasteiger partial charge is 0.0389 e. The molecule has 1 nitrogen and oxygen atoms in total. The van der Waals surface area contributed by atoms with E-state index in [9.17, 15) is 0 Å². The molecule has 1 heteroatoms. The van der Waals surface area contributed by atoms with Gasteiger partial charge >= 0.3 is 0 Å². The quantitative estimate of drug-likeness (QED) is 0.148. The Balaban J connectivity index is 3.08. The second kappa shape index (κ2) is 21.1. The lowest BCUT2D eigenvalue weighted by molar-refractivity contribution is 0.536. The predicted octanol–water partition coefficient (Wildman–Crippen LogP) is 7.67. The summed E-state index contributed by atoms with van der Waals surface area (Å²) in [5.41, 5.74) is 0. The third-order valence-corrected chi connectivity index (χ3v) is 4.25. The van der Waals surface area contributed by atoms with Crippen LogP contribution in [0, 0.1) is 0 Å². The summed E-state index contributed by atoms with van der Waals surface area (Å²) in [5, 5.41) is 0. The van der Waals surface area contributed by atoms with E-state index in [1.807, 2.05) is 37.4 Å². The third kappa shape index (κ3) is 21.1. The maximum absolute atomic E-state index is 4.39. The average Bonchev–Trinajstić information content (AvgIpc) is 2.57. The third-order valence-electron chi connectivity index (χ3n) is 4.25. The van der Waals surface area contributed by atoms with Crippen molar-refractivity contribution in [1.82, 2.24) is 0 Å². The molecule has 0 aliphatic carbocycles. The number of nitrogens with zero attached hydrogens (tertiary/aromatic N) is 1. The molecule has 0 saturated carbocycles. The van der Waals surface area contributed by atoms with Crippen LogP contribution in [0.2, 0.25) is 0 Å². The fourth-order valence-corrected chi connectivity index (χ4v) is 2.76. The first-order valence-corrected chi connectivity index (χ1v) is 10.2. The zero-order chi connectivity index (χ0) is 16.8. The summed E-state index contributed by atoms with van der Waals surface area (Å²) in [6.07, 6.45) is 29.8. The Hall–Kier alpha value is -0.850. The van der Waals surface area contributed by atoms with Gasteiger partial charge in [0.25, 0.3) is 0 Å². The van der Waals surface area contributed by atoms with Gasteiger partial charge in [0.15, 0.2) is 0 Å². The molecule has 0 heterocycles. The molecule has 134 valence electrons. The molecule has 0 amide bonds. The van der Waals surface area contributed by atoms with E-state index in [-0.39, 0.29) is 0 Å². The van der Waals surface area contributed by atoms with Gasteiger partial charge in [-0.1, -0.05) is 109 Å². The number of aliphatic imine (C=N–C) groups is 1. The SMILES string of the molecule is C/C=C\C=C/C=NCCCCCCCCCCCCCCCC. The van der Waals surface area contributed by atoms with Crippen LogP contribution in [-0.2, 0) is 0 Å². The summed E-state index contributed by atoms with van der Waals surface area (Å²) >= 11 is 0. The molecule has 23 heavy (non-hydrogen) atoms. The monoisotopic (exact) mass is 319 g/mol. The standard InChI is InChI=1S/C22H41N/c1-3-5-7-9-10-11-12-13-14-15-16-17-18-20-22-23-21-19-8-6-4-2/h4,6,8,19,21H,3,5,7,9-18,20,22H2,1-2H3/b6-4-,19-8-,23-21?. The van der Waals surface area contributed by atoms with Gasteiger partial charge in [0, 0.05) is 12.8 Å². The lowest BCUT2D eigenvalue weighted by Crippen LogP contribution is -1.85. The van der Waals surface area contributed by atoms with Gasteiger partial charge in [0.1, 0.15) is 0 Å². The second-order valence-corrected chi connectivity index (χ2v) is 6.56. The second-order valence-electron chi connectivity index (χ2n) is 6.56. The number of hydrogen-bond donors (Lipinski definition) is 0. The van der Waals surface area contributed by atoms with Gasteiger partial charge in [-0.15, -0.1) is 0 Å². The van der Waals surface area contributed by atoms with Crippen molar-refractivity contribution in [3.05, 3.63) is 24.3 Å². The first-order chi connectivity index (χ1) is 11.4. The first kappa shape index (κ1) is 22.1. The molecule has 0 N–H and O–H groups in total. The zero-order valence-electron chi connectivity index (χ0n) is 15.9. The van der Waals surface area contributed by atoms with Crippen LogP contribution in [0.1, 0.15) is 104 Å². The highest BCUT2D eigenvalue weighted by Gasteiger charge is 1.93. The van der Waals surface area contributed by atoms with Crippen LogP contribution in [0.25, 0.3) is 0 Å². The summed E-state index contributed by atoms with van der Waals surface area (Å²) < 4.78 is 0.